The van der Waals surface area contributed by atoms with Crippen LogP contribution in [-0.4, -0.2) is 139 Å². The summed E-state index contributed by atoms with van der Waals surface area (Å²) in [5.74, 6) is -0.520. The van der Waals surface area contributed by atoms with Crippen LogP contribution < -0.4 is 14.4 Å². The molecule has 0 radical (unpaired) electrons. The molecule has 1 saturated carbocycles. The molecule has 2 amide bonds. The van der Waals surface area contributed by atoms with Crippen molar-refractivity contribution in [1.29, 1.82) is 0 Å². The molecule has 318 valence electrons. The molecule has 0 unspecified atom stereocenters. The molecule has 17 heteroatoms. The van der Waals surface area contributed by atoms with Crippen LogP contribution >= 0.6 is 11.6 Å². The van der Waals surface area contributed by atoms with Crippen molar-refractivity contribution in [2.45, 2.75) is 62.1 Å². The van der Waals surface area contributed by atoms with Gasteiger partial charge in [0.1, 0.15) is 5.75 Å². The molecule has 7 rings (SSSR count). The number of carbonyl (C=O) groups is 2. The first-order valence-corrected chi connectivity index (χ1v) is 23.9. The first-order valence-electron chi connectivity index (χ1n) is 20.2. The van der Waals surface area contributed by atoms with Crippen LogP contribution in [0, 0.1) is 11.8 Å². The summed E-state index contributed by atoms with van der Waals surface area (Å²) in [5, 5.41) is 13.0. The highest BCUT2D eigenvalue weighted by molar-refractivity contribution is 7.91. The van der Waals surface area contributed by atoms with E-state index in [0.717, 1.165) is 36.4 Å². The Bertz CT molecular complexity index is 2120. The third kappa shape index (κ3) is 9.08. The molecular formula is C41H56ClN5O9S2. The number of benzene rings is 2. The maximum atomic E-state index is 14.0. The van der Waals surface area contributed by atoms with Crippen LogP contribution in [0.4, 0.5) is 5.69 Å². The van der Waals surface area contributed by atoms with Crippen molar-refractivity contribution in [3.8, 4) is 5.75 Å². The van der Waals surface area contributed by atoms with E-state index in [2.05, 4.69) is 21.9 Å². The van der Waals surface area contributed by atoms with Crippen molar-refractivity contribution in [3.05, 3.63) is 70.3 Å². The lowest BCUT2D eigenvalue weighted by atomic mass is 9.68. The zero-order valence-electron chi connectivity index (χ0n) is 33.6. The number of carbonyl (C=O) groups excluding carboxylic acids is 2. The maximum Gasteiger partial charge on any atom is 0.303 e. The Hall–Kier alpha value is -3.25. The molecule has 5 aliphatic rings. The van der Waals surface area contributed by atoms with Crippen LogP contribution in [0.15, 0.2) is 48.6 Å². The van der Waals surface area contributed by atoms with Crippen LogP contribution in [0.5, 0.6) is 5.75 Å². The van der Waals surface area contributed by atoms with E-state index in [1.807, 2.05) is 22.9 Å². The average molecular weight is 863 g/mol. The first-order chi connectivity index (χ1) is 27.5. The maximum absolute atomic E-state index is 14.0. The second kappa shape index (κ2) is 17.0. The zero-order chi connectivity index (χ0) is 41.5. The van der Waals surface area contributed by atoms with Gasteiger partial charge in [-0.05, 0) is 91.3 Å². The molecule has 2 bridgehead atoms. The number of ether oxygens (including phenoxy) is 2. The largest absolute Gasteiger partial charge is 0.490 e. The van der Waals surface area contributed by atoms with Gasteiger partial charge in [0.2, 0.25) is 5.91 Å². The summed E-state index contributed by atoms with van der Waals surface area (Å²) in [6.45, 7) is 3.94. The van der Waals surface area contributed by atoms with Crippen molar-refractivity contribution in [2.75, 3.05) is 90.0 Å². The molecule has 1 saturated heterocycles. The van der Waals surface area contributed by atoms with E-state index in [0.29, 0.717) is 68.8 Å². The van der Waals surface area contributed by atoms with E-state index in [9.17, 15) is 31.5 Å². The van der Waals surface area contributed by atoms with E-state index >= 15 is 0 Å². The normalized spacial score (nSPS) is 29.8. The number of sulfone groups is 1. The molecule has 14 nitrogen and oxygen atoms in total. The Morgan fingerprint density at radius 1 is 1.12 bits per heavy atom. The lowest BCUT2D eigenvalue weighted by molar-refractivity contribution is -0.148. The highest BCUT2D eigenvalue weighted by atomic mass is 35.5. The quantitative estimate of drug-likeness (QED) is 0.394. The Morgan fingerprint density at radius 3 is 2.62 bits per heavy atom. The number of aliphatic hydroxyl groups is 1. The summed E-state index contributed by atoms with van der Waals surface area (Å²) in [6.07, 6.45) is 8.29. The van der Waals surface area contributed by atoms with Crippen molar-refractivity contribution >= 4 is 49.1 Å². The lowest BCUT2D eigenvalue weighted by Gasteiger charge is -2.46. The van der Waals surface area contributed by atoms with Gasteiger partial charge in [-0.3, -0.25) is 14.5 Å². The van der Waals surface area contributed by atoms with Gasteiger partial charge in [-0.25, -0.2) is 13.1 Å². The molecule has 2 aromatic carbocycles. The van der Waals surface area contributed by atoms with E-state index in [4.69, 9.17) is 21.1 Å². The molecule has 2 aromatic rings. The van der Waals surface area contributed by atoms with Gasteiger partial charge < -0.3 is 24.4 Å². The van der Waals surface area contributed by atoms with Gasteiger partial charge in [-0.1, -0.05) is 35.9 Å². The lowest BCUT2D eigenvalue weighted by Crippen LogP contribution is -2.52. The van der Waals surface area contributed by atoms with Gasteiger partial charge in [0.25, 0.3) is 5.91 Å². The smallest absolute Gasteiger partial charge is 0.303 e. The minimum atomic E-state index is -4.32. The van der Waals surface area contributed by atoms with E-state index in [-0.39, 0.29) is 41.6 Å². The van der Waals surface area contributed by atoms with Crippen LogP contribution in [-0.2, 0) is 51.8 Å². The van der Waals surface area contributed by atoms with Crippen molar-refractivity contribution in [1.82, 2.24) is 18.8 Å². The first kappa shape index (κ1) is 42.9. The van der Waals surface area contributed by atoms with Crippen LogP contribution in [0.2, 0.25) is 5.02 Å². The number of nitrogens with zero attached hydrogens (tertiary/aromatic N) is 4. The highest BCUT2D eigenvalue weighted by Crippen LogP contribution is 2.48. The fraction of sp³-hybridized carbons (Fsp3) is 0.610. The summed E-state index contributed by atoms with van der Waals surface area (Å²) in [6, 6.07) is 11.0. The number of aryl methyl sites for hydroxylation is 1. The predicted molar refractivity (Wildman–Crippen MR) is 222 cm³/mol. The molecule has 2 N–H and O–H groups in total. The van der Waals surface area contributed by atoms with E-state index in [1.165, 1.54) is 30.1 Å². The highest BCUT2D eigenvalue weighted by Gasteiger charge is 2.47. The SMILES string of the molecule is CN1CC/C=C/[C@H](OCCN2CCS(=O)(=O)CC2)[C@@H]2CC[C@H]2CN2C[C@@]3(CCCc4cc(Cl)ccc43)COc3ccc(cc32)[C@@](O)(C(=O)NS(=O)(=O)N(C)C)CC1=O. The predicted octanol–water partition coefficient (Wildman–Crippen LogP) is 2.87. The molecule has 0 aromatic heterocycles. The summed E-state index contributed by atoms with van der Waals surface area (Å²) >= 11 is 6.49. The number of rotatable bonds is 7. The number of hydrogen-bond acceptors (Lipinski definition) is 11. The van der Waals surface area contributed by atoms with Gasteiger partial charge in [0.05, 0.1) is 42.9 Å². The number of halogens is 1. The molecule has 3 aliphatic heterocycles. The number of fused-ring (bicyclic) bond motifs is 4. The summed E-state index contributed by atoms with van der Waals surface area (Å²) < 4.78 is 66.0. The Kier molecular flexibility index (Phi) is 12.6. The Labute approximate surface area is 347 Å². The van der Waals surface area contributed by atoms with Gasteiger partial charge in [0, 0.05) is 70.8 Å². The third-order valence-electron chi connectivity index (χ3n) is 12.9. The fourth-order valence-electron chi connectivity index (χ4n) is 9.11. The number of hydrogen-bond donors (Lipinski definition) is 2. The van der Waals surface area contributed by atoms with Crippen molar-refractivity contribution < 1.29 is 41.0 Å². The number of anilines is 1. The molecule has 2 aliphatic carbocycles. The molecule has 58 heavy (non-hydrogen) atoms. The molecule has 5 atom stereocenters. The van der Waals surface area contributed by atoms with Gasteiger partial charge in [-0.2, -0.15) is 12.7 Å². The Balaban J connectivity index is 1.26. The second-order valence-corrected chi connectivity index (χ2v) is 21.5. The molecular weight excluding hydrogens is 806 g/mol. The third-order valence-corrected chi connectivity index (χ3v) is 16.1. The molecule has 3 heterocycles. The van der Waals surface area contributed by atoms with Crippen LogP contribution in [0.3, 0.4) is 0 Å². The van der Waals surface area contributed by atoms with E-state index < -0.39 is 49.3 Å². The monoisotopic (exact) mass is 861 g/mol. The minimum absolute atomic E-state index is 0.0729. The average Bonchev–Trinajstić information content (AvgIpc) is 3.31. The number of nitrogens with one attached hydrogen (secondary N) is 1. The Morgan fingerprint density at radius 2 is 1.90 bits per heavy atom. The molecule has 2 fully saturated rings. The van der Waals surface area contributed by atoms with E-state index in [1.54, 1.807) is 25.2 Å². The van der Waals surface area contributed by atoms with Gasteiger partial charge in [0.15, 0.2) is 15.4 Å². The van der Waals surface area contributed by atoms with Crippen molar-refractivity contribution in [2.24, 2.45) is 11.8 Å². The minimum Gasteiger partial charge on any atom is -0.490 e. The molecule has 1 spiro atoms. The van der Waals surface area contributed by atoms with Gasteiger partial charge >= 0.3 is 10.2 Å². The van der Waals surface area contributed by atoms with Crippen LogP contribution in [0.25, 0.3) is 0 Å². The fourth-order valence-corrected chi connectivity index (χ4v) is 11.2. The van der Waals surface area contributed by atoms with Crippen molar-refractivity contribution in [3.63, 3.8) is 0 Å². The van der Waals surface area contributed by atoms with Gasteiger partial charge in [-0.15, -0.1) is 0 Å². The summed E-state index contributed by atoms with van der Waals surface area (Å²) in [4.78, 5) is 33.6. The topological polar surface area (TPSA) is 166 Å². The summed E-state index contributed by atoms with van der Waals surface area (Å²) in [7, 11) is -3.19. The standard InChI is InChI=1S/C41H56ClN5O9S2/c1-44(2)58(53,54)43-39(49)41(50)25-38(48)45(3)16-5-4-8-36(55-20-17-46-18-21-57(51,52)22-19-46)33-12-9-30(33)26-47-27-40(28-56-37-14-10-31(41)24-35(37)47)15-6-7-29-23-32(42)11-13-34(29)40/h4,8,10-11,13-14,23-24,30,33,36,50H,5-7,9,12,15-22,25-28H2,1-3H3,(H,43,49)/b8-4+/t30-,33+,36-,40-,41+/m0/s1. The zero-order valence-corrected chi connectivity index (χ0v) is 36.0. The number of amides is 2. The summed E-state index contributed by atoms with van der Waals surface area (Å²) in [5.41, 5.74) is 0.137. The second-order valence-electron chi connectivity index (χ2n) is 16.9. The van der Waals surface area contributed by atoms with Crippen LogP contribution in [0.1, 0.15) is 55.2 Å².